The SMILES string of the molecule is CCN(CC)CCn1nc(Nc2ccc(Cl)c(Cl)c2)c(C(=O)OC)n1.O=C(O)C=CC(=O)O. The van der Waals surface area contributed by atoms with Gasteiger partial charge < -0.3 is 25.2 Å². The van der Waals surface area contributed by atoms with Crippen molar-refractivity contribution in [2.24, 2.45) is 0 Å². The highest BCUT2D eigenvalue weighted by atomic mass is 35.5. The topological polar surface area (TPSA) is 147 Å². The maximum Gasteiger partial charge on any atom is 0.362 e. The van der Waals surface area contributed by atoms with Crippen molar-refractivity contribution in [3.63, 3.8) is 0 Å². The van der Waals surface area contributed by atoms with E-state index in [-0.39, 0.29) is 5.69 Å². The molecule has 2 rings (SSSR count). The fraction of sp³-hybridized carbons (Fsp3) is 0.350. The minimum atomic E-state index is -1.26. The summed E-state index contributed by atoms with van der Waals surface area (Å²) in [5.41, 5.74) is 0.767. The van der Waals surface area contributed by atoms with Gasteiger partial charge in [-0.05, 0) is 31.3 Å². The van der Waals surface area contributed by atoms with Crippen LogP contribution in [0.5, 0.6) is 0 Å². The van der Waals surface area contributed by atoms with Gasteiger partial charge in [-0.1, -0.05) is 37.0 Å². The van der Waals surface area contributed by atoms with E-state index in [1.165, 1.54) is 11.9 Å². The van der Waals surface area contributed by atoms with Gasteiger partial charge in [0.1, 0.15) is 0 Å². The van der Waals surface area contributed by atoms with Crippen molar-refractivity contribution < 1.29 is 29.3 Å². The molecule has 0 radical (unpaired) electrons. The zero-order valence-corrected chi connectivity index (χ0v) is 19.8. The van der Waals surface area contributed by atoms with Gasteiger partial charge in [0.25, 0.3) is 0 Å². The van der Waals surface area contributed by atoms with Crippen molar-refractivity contribution in [3.05, 3.63) is 46.1 Å². The van der Waals surface area contributed by atoms with Crippen LogP contribution in [0.1, 0.15) is 24.3 Å². The molecule has 0 fully saturated rings. The minimum absolute atomic E-state index is 0.119. The Balaban J connectivity index is 0.000000582. The predicted molar refractivity (Wildman–Crippen MR) is 123 cm³/mol. The number of hydrogen-bond donors (Lipinski definition) is 3. The van der Waals surface area contributed by atoms with Crippen LogP contribution in [0.3, 0.4) is 0 Å². The lowest BCUT2D eigenvalue weighted by atomic mass is 10.3. The number of likely N-dealkylation sites (N-methyl/N-ethyl adjacent to an activating group) is 1. The van der Waals surface area contributed by atoms with E-state index in [0.717, 1.165) is 19.6 Å². The number of rotatable bonds is 10. The Hall–Kier alpha value is -3.15. The summed E-state index contributed by atoms with van der Waals surface area (Å²) in [4.78, 5) is 34.8. The molecular weight excluding hydrogens is 477 g/mol. The molecule has 0 atom stereocenters. The Morgan fingerprint density at radius 3 is 2.18 bits per heavy atom. The molecule has 1 aromatic heterocycles. The van der Waals surface area contributed by atoms with E-state index in [4.69, 9.17) is 38.2 Å². The number of carbonyl (C=O) groups excluding carboxylic acids is 1. The van der Waals surface area contributed by atoms with Crippen molar-refractivity contribution >= 4 is 52.6 Å². The van der Waals surface area contributed by atoms with Crippen LogP contribution < -0.4 is 5.32 Å². The molecule has 0 bridgehead atoms. The third kappa shape index (κ3) is 9.89. The molecule has 0 amide bonds. The van der Waals surface area contributed by atoms with E-state index in [1.54, 1.807) is 18.2 Å². The maximum absolute atomic E-state index is 12.0. The molecule has 13 heteroatoms. The molecule has 0 aliphatic carbocycles. The predicted octanol–water partition coefficient (Wildman–Crippen LogP) is 3.17. The van der Waals surface area contributed by atoms with Gasteiger partial charge in [-0.25, -0.2) is 14.4 Å². The Morgan fingerprint density at radius 2 is 1.70 bits per heavy atom. The number of aliphatic carboxylic acids is 2. The van der Waals surface area contributed by atoms with E-state index in [9.17, 15) is 14.4 Å². The Bertz CT molecular complexity index is 975. The number of nitrogens with one attached hydrogen (secondary N) is 1. The van der Waals surface area contributed by atoms with Gasteiger partial charge in [-0.15, -0.1) is 10.2 Å². The third-order valence-electron chi connectivity index (χ3n) is 4.10. The number of carboxylic acids is 2. The molecule has 1 aromatic carbocycles. The number of benzene rings is 1. The second kappa shape index (κ2) is 14.1. The maximum atomic E-state index is 12.0. The van der Waals surface area contributed by atoms with Crippen molar-refractivity contribution in [2.45, 2.75) is 20.4 Å². The average molecular weight is 502 g/mol. The van der Waals surface area contributed by atoms with Crippen molar-refractivity contribution in [3.8, 4) is 0 Å². The summed E-state index contributed by atoms with van der Waals surface area (Å²) in [7, 11) is 1.31. The van der Waals surface area contributed by atoms with Gasteiger partial charge in [0.05, 0.1) is 23.7 Å². The standard InChI is InChI=1S/C16H21Cl2N5O2.C4H4O4/c1-4-22(5-2)8-9-23-20-14(16(24)25-3)15(21-23)19-11-6-7-12(17)13(18)10-11;5-3(6)1-2-4(7)8/h6-7,10H,4-5,8-9H2,1-3H3,(H,19,21);1-2H,(H,5,6)(H,7,8). The molecule has 3 N–H and O–H groups in total. The molecule has 33 heavy (non-hydrogen) atoms. The lowest BCUT2D eigenvalue weighted by Crippen LogP contribution is -2.27. The summed E-state index contributed by atoms with van der Waals surface area (Å²) >= 11 is 11.9. The van der Waals surface area contributed by atoms with E-state index >= 15 is 0 Å². The highest BCUT2D eigenvalue weighted by Gasteiger charge is 2.20. The first-order valence-corrected chi connectivity index (χ1v) is 10.5. The van der Waals surface area contributed by atoms with E-state index < -0.39 is 17.9 Å². The fourth-order valence-electron chi connectivity index (χ4n) is 2.39. The molecule has 0 aliphatic heterocycles. The van der Waals surface area contributed by atoms with Gasteiger partial charge in [0.15, 0.2) is 5.82 Å². The summed E-state index contributed by atoms with van der Waals surface area (Å²) < 4.78 is 4.79. The number of methoxy groups -OCH3 is 1. The Kier molecular flexibility index (Phi) is 11.9. The van der Waals surface area contributed by atoms with E-state index in [1.807, 2.05) is 0 Å². The average Bonchev–Trinajstić information content (AvgIpc) is 3.18. The van der Waals surface area contributed by atoms with Gasteiger partial charge in [-0.3, -0.25) is 0 Å². The van der Waals surface area contributed by atoms with Crippen LogP contribution in [0.25, 0.3) is 0 Å². The number of aromatic nitrogens is 3. The molecule has 0 spiro atoms. The first kappa shape index (κ1) is 27.9. The van der Waals surface area contributed by atoms with Crippen LogP contribution >= 0.6 is 23.2 Å². The number of anilines is 2. The molecule has 2 aromatic rings. The largest absolute Gasteiger partial charge is 0.478 e. The summed E-state index contributed by atoms with van der Waals surface area (Å²) in [6.07, 6.45) is 1.12. The van der Waals surface area contributed by atoms with Crippen molar-refractivity contribution in [2.75, 3.05) is 32.1 Å². The number of carboxylic acid groups (broad SMARTS) is 2. The summed E-state index contributed by atoms with van der Waals surface area (Å²) in [5.74, 6) is -2.76. The first-order chi connectivity index (χ1) is 15.6. The minimum Gasteiger partial charge on any atom is -0.478 e. The second-order valence-corrected chi connectivity index (χ2v) is 7.09. The first-order valence-electron chi connectivity index (χ1n) is 9.72. The molecular formula is C20H25Cl2N5O6. The van der Waals surface area contributed by atoms with Crippen LogP contribution in [0.15, 0.2) is 30.4 Å². The van der Waals surface area contributed by atoms with Crippen molar-refractivity contribution in [1.29, 1.82) is 0 Å². The zero-order chi connectivity index (χ0) is 25.0. The summed E-state index contributed by atoms with van der Waals surface area (Å²) in [6, 6.07) is 5.05. The van der Waals surface area contributed by atoms with Crippen LogP contribution in [-0.2, 0) is 20.9 Å². The van der Waals surface area contributed by atoms with E-state index in [0.29, 0.717) is 40.2 Å². The van der Waals surface area contributed by atoms with Crippen LogP contribution in [0.2, 0.25) is 10.0 Å². The van der Waals surface area contributed by atoms with E-state index in [2.05, 4.69) is 34.3 Å². The number of ether oxygens (including phenoxy) is 1. The summed E-state index contributed by atoms with van der Waals surface area (Å²) in [5, 5.41) is 28.1. The zero-order valence-electron chi connectivity index (χ0n) is 18.3. The normalized spacial score (nSPS) is 10.6. The molecule has 0 saturated heterocycles. The highest BCUT2D eigenvalue weighted by molar-refractivity contribution is 6.42. The van der Waals surface area contributed by atoms with Gasteiger partial charge in [0, 0.05) is 24.4 Å². The third-order valence-corrected chi connectivity index (χ3v) is 4.83. The number of carbonyl (C=O) groups is 3. The molecule has 0 unspecified atom stereocenters. The lowest BCUT2D eigenvalue weighted by Gasteiger charge is -2.16. The fourth-order valence-corrected chi connectivity index (χ4v) is 2.69. The lowest BCUT2D eigenvalue weighted by molar-refractivity contribution is -0.134. The second-order valence-electron chi connectivity index (χ2n) is 6.28. The summed E-state index contributed by atoms with van der Waals surface area (Å²) in [6.45, 7) is 7.42. The number of halogens is 2. The number of esters is 1. The van der Waals surface area contributed by atoms with Crippen LogP contribution in [0.4, 0.5) is 11.5 Å². The van der Waals surface area contributed by atoms with Gasteiger partial charge >= 0.3 is 17.9 Å². The van der Waals surface area contributed by atoms with Crippen LogP contribution in [-0.4, -0.2) is 74.8 Å². The number of hydrogen-bond acceptors (Lipinski definition) is 8. The Morgan fingerprint density at radius 1 is 1.09 bits per heavy atom. The van der Waals surface area contributed by atoms with Gasteiger partial charge in [-0.2, -0.15) is 4.80 Å². The molecule has 0 saturated carbocycles. The van der Waals surface area contributed by atoms with Crippen molar-refractivity contribution in [1.82, 2.24) is 19.9 Å². The van der Waals surface area contributed by atoms with Crippen LogP contribution in [0, 0.1) is 0 Å². The molecule has 0 aliphatic rings. The monoisotopic (exact) mass is 501 g/mol. The van der Waals surface area contributed by atoms with Gasteiger partial charge in [0.2, 0.25) is 5.69 Å². The highest BCUT2D eigenvalue weighted by Crippen LogP contribution is 2.27. The quantitative estimate of drug-likeness (QED) is 0.327. The Labute approximate surface area is 200 Å². The number of nitrogens with zero attached hydrogens (tertiary/aromatic N) is 4. The molecule has 1 heterocycles. The smallest absolute Gasteiger partial charge is 0.362 e. The molecule has 180 valence electrons. The molecule has 11 nitrogen and oxygen atoms in total.